The van der Waals surface area contributed by atoms with Gasteiger partial charge in [0.1, 0.15) is 11.6 Å². The van der Waals surface area contributed by atoms with E-state index in [1.54, 1.807) is 0 Å². The van der Waals surface area contributed by atoms with E-state index in [1.165, 1.54) is 43.0 Å². The summed E-state index contributed by atoms with van der Waals surface area (Å²) in [5.74, 6) is 5.79. The zero-order valence-electron chi connectivity index (χ0n) is 13.0. The lowest BCUT2D eigenvalue weighted by Crippen LogP contribution is -2.12. The molecule has 1 aromatic heterocycles. The van der Waals surface area contributed by atoms with E-state index in [9.17, 15) is 0 Å². The zero-order valence-corrected chi connectivity index (χ0v) is 13.9. The Kier molecular flexibility index (Phi) is 3.68. The van der Waals surface area contributed by atoms with E-state index < -0.39 is 0 Å². The molecule has 1 saturated carbocycles. The standard InChI is InChI=1S/C17H23N3OS/c1-20-15-8-13(18)16(21-10-11-2-3-11)9-14(15)19-17(20)12-4-6-22-7-5-12/h8-9,11-12H,2-7,10,18H2,1H3. The molecule has 0 bridgehead atoms. The molecule has 0 radical (unpaired) electrons. The van der Waals surface area contributed by atoms with Gasteiger partial charge in [-0.2, -0.15) is 11.8 Å². The highest BCUT2D eigenvalue weighted by Gasteiger charge is 2.24. The van der Waals surface area contributed by atoms with Gasteiger partial charge in [-0.25, -0.2) is 4.98 Å². The van der Waals surface area contributed by atoms with Crippen LogP contribution in [-0.4, -0.2) is 27.7 Å². The van der Waals surface area contributed by atoms with E-state index >= 15 is 0 Å². The van der Waals surface area contributed by atoms with Gasteiger partial charge in [0.2, 0.25) is 0 Å². The van der Waals surface area contributed by atoms with Crippen LogP contribution in [0, 0.1) is 5.92 Å². The number of hydrogen-bond donors (Lipinski definition) is 1. The average molecular weight is 317 g/mol. The van der Waals surface area contributed by atoms with E-state index in [0.29, 0.717) is 5.92 Å². The summed E-state index contributed by atoms with van der Waals surface area (Å²) in [7, 11) is 2.11. The lowest BCUT2D eigenvalue weighted by Gasteiger charge is -2.20. The van der Waals surface area contributed by atoms with Gasteiger partial charge in [-0.1, -0.05) is 0 Å². The van der Waals surface area contributed by atoms with Crippen molar-refractivity contribution in [2.75, 3.05) is 23.8 Å². The number of benzene rings is 1. The summed E-state index contributed by atoms with van der Waals surface area (Å²) in [6.45, 7) is 0.787. The predicted molar refractivity (Wildman–Crippen MR) is 92.6 cm³/mol. The van der Waals surface area contributed by atoms with Crippen molar-refractivity contribution in [1.29, 1.82) is 0 Å². The molecule has 0 atom stereocenters. The van der Waals surface area contributed by atoms with Crippen molar-refractivity contribution in [3.8, 4) is 5.75 Å². The third-order valence-corrected chi connectivity index (χ3v) is 5.85. The molecule has 0 unspecified atom stereocenters. The lowest BCUT2D eigenvalue weighted by molar-refractivity contribution is 0.301. The van der Waals surface area contributed by atoms with Crippen molar-refractivity contribution >= 4 is 28.5 Å². The SMILES string of the molecule is Cn1c(C2CCSCC2)nc2cc(OCC3CC3)c(N)cc21. The van der Waals surface area contributed by atoms with Crippen molar-refractivity contribution in [2.24, 2.45) is 13.0 Å². The van der Waals surface area contributed by atoms with Gasteiger partial charge in [-0.3, -0.25) is 0 Å². The second kappa shape index (κ2) is 5.69. The van der Waals surface area contributed by atoms with E-state index in [0.717, 1.165) is 35.0 Å². The first-order valence-electron chi connectivity index (χ1n) is 8.19. The first-order valence-corrected chi connectivity index (χ1v) is 9.34. The maximum Gasteiger partial charge on any atom is 0.144 e. The number of anilines is 1. The van der Waals surface area contributed by atoms with E-state index in [4.69, 9.17) is 15.5 Å². The lowest BCUT2D eigenvalue weighted by atomic mass is 10.0. The highest BCUT2D eigenvalue weighted by atomic mass is 32.2. The van der Waals surface area contributed by atoms with E-state index in [-0.39, 0.29) is 0 Å². The fourth-order valence-electron chi connectivity index (χ4n) is 3.19. The van der Waals surface area contributed by atoms with Crippen LogP contribution in [0.3, 0.4) is 0 Å². The number of hydrogen-bond acceptors (Lipinski definition) is 4. The minimum atomic E-state index is 0.579. The summed E-state index contributed by atoms with van der Waals surface area (Å²) in [4.78, 5) is 4.90. The summed E-state index contributed by atoms with van der Waals surface area (Å²) in [6.07, 6.45) is 5.02. The van der Waals surface area contributed by atoms with Gasteiger partial charge in [-0.15, -0.1) is 0 Å². The Labute approximate surface area is 135 Å². The van der Waals surface area contributed by atoms with Gasteiger partial charge in [0.05, 0.1) is 23.3 Å². The topological polar surface area (TPSA) is 53.1 Å². The number of aromatic nitrogens is 2. The van der Waals surface area contributed by atoms with Gasteiger partial charge in [0.15, 0.2) is 0 Å². The quantitative estimate of drug-likeness (QED) is 0.876. The smallest absolute Gasteiger partial charge is 0.144 e. The third kappa shape index (κ3) is 2.67. The summed E-state index contributed by atoms with van der Waals surface area (Å²) in [5.41, 5.74) is 9.03. The number of aryl methyl sites for hydroxylation is 1. The Balaban J connectivity index is 1.66. The average Bonchev–Trinajstić information content (AvgIpc) is 3.31. The van der Waals surface area contributed by atoms with Crippen LogP contribution >= 0.6 is 11.8 Å². The minimum Gasteiger partial charge on any atom is -0.491 e. The molecule has 22 heavy (non-hydrogen) atoms. The fourth-order valence-corrected chi connectivity index (χ4v) is 4.30. The molecule has 4 rings (SSSR count). The zero-order chi connectivity index (χ0) is 15.1. The molecular formula is C17H23N3OS. The molecule has 0 spiro atoms. The molecule has 2 heterocycles. The maximum atomic E-state index is 6.18. The molecule has 2 aliphatic rings. The van der Waals surface area contributed by atoms with Gasteiger partial charge in [0.25, 0.3) is 0 Å². The van der Waals surface area contributed by atoms with Crippen molar-refractivity contribution in [3.05, 3.63) is 18.0 Å². The molecule has 5 heteroatoms. The molecule has 1 aromatic carbocycles. The number of fused-ring (bicyclic) bond motifs is 1. The number of nitrogens with two attached hydrogens (primary N) is 1. The number of thioether (sulfide) groups is 1. The van der Waals surface area contributed by atoms with Crippen molar-refractivity contribution < 1.29 is 4.74 Å². The van der Waals surface area contributed by atoms with E-state index in [1.807, 2.05) is 23.9 Å². The molecule has 1 saturated heterocycles. The summed E-state index contributed by atoms with van der Waals surface area (Å²) < 4.78 is 8.11. The Morgan fingerprint density at radius 2 is 2.05 bits per heavy atom. The number of nitrogens with zero attached hydrogens (tertiary/aromatic N) is 2. The second-order valence-electron chi connectivity index (χ2n) is 6.55. The van der Waals surface area contributed by atoms with Crippen molar-refractivity contribution in [3.63, 3.8) is 0 Å². The van der Waals surface area contributed by atoms with Gasteiger partial charge < -0.3 is 15.0 Å². The molecule has 1 aliphatic heterocycles. The number of rotatable bonds is 4. The minimum absolute atomic E-state index is 0.579. The monoisotopic (exact) mass is 317 g/mol. The van der Waals surface area contributed by atoms with Crippen LogP contribution in [0.2, 0.25) is 0 Å². The molecule has 2 aromatic rings. The normalized spacial score (nSPS) is 19.7. The maximum absolute atomic E-state index is 6.18. The number of nitrogen functional groups attached to an aromatic ring is 1. The van der Waals surface area contributed by atoms with Crippen LogP contribution in [0.25, 0.3) is 11.0 Å². The van der Waals surface area contributed by atoms with Crippen LogP contribution in [0.4, 0.5) is 5.69 Å². The Morgan fingerprint density at radius 1 is 1.27 bits per heavy atom. The van der Waals surface area contributed by atoms with Gasteiger partial charge >= 0.3 is 0 Å². The van der Waals surface area contributed by atoms with Crippen LogP contribution in [0.1, 0.15) is 37.4 Å². The number of imidazole rings is 1. The highest BCUT2D eigenvalue weighted by Crippen LogP contribution is 2.36. The number of ether oxygens (including phenoxy) is 1. The predicted octanol–water partition coefficient (Wildman–Crippen LogP) is 3.55. The molecule has 0 amide bonds. The Bertz CT molecular complexity index is 687. The second-order valence-corrected chi connectivity index (χ2v) is 7.77. The molecule has 2 fully saturated rings. The molecule has 1 aliphatic carbocycles. The first-order chi connectivity index (χ1) is 10.7. The van der Waals surface area contributed by atoms with Crippen LogP contribution in [0.5, 0.6) is 5.75 Å². The van der Waals surface area contributed by atoms with Crippen LogP contribution in [0.15, 0.2) is 12.1 Å². The first kappa shape index (κ1) is 14.2. The highest BCUT2D eigenvalue weighted by molar-refractivity contribution is 7.99. The van der Waals surface area contributed by atoms with Crippen LogP contribution < -0.4 is 10.5 Å². The third-order valence-electron chi connectivity index (χ3n) is 4.80. The van der Waals surface area contributed by atoms with E-state index in [2.05, 4.69) is 11.6 Å². The largest absolute Gasteiger partial charge is 0.491 e. The molecule has 4 nitrogen and oxygen atoms in total. The Hall–Kier alpha value is -1.36. The molecule has 2 N–H and O–H groups in total. The van der Waals surface area contributed by atoms with Crippen molar-refractivity contribution in [1.82, 2.24) is 9.55 Å². The Morgan fingerprint density at radius 3 is 2.77 bits per heavy atom. The summed E-state index contributed by atoms with van der Waals surface area (Å²) in [5, 5.41) is 0. The summed E-state index contributed by atoms with van der Waals surface area (Å²) in [6, 6.07) is 4.04. The molecular weight excluding hydrogens is 294 g/mol. The van der Waals surface area contributed by atoms with Gasteiger partial charge in [-0.05, 0) is 49.2 Å². The molecule has 118 valence electrons. The summed E-state index contributed by atoms with van der Waals surface area (Å²) >= 11 is 2.05. The van der Waals surface area contributed by atoms with Crippen LogP contribution in [-0.2, 0) is 7.05 Å². The fraction of sp³-hybridized carbons (Fsp3) is 0.588. The van der Waals surface area contributed by atoms with Gasteiger partial charge in [0, 0.05) is 19.0 Å². The van der Waals surface area contributed by atoms with Crippen molar-refractivity contribution in [2.45, 2.75) is 31.6 Å².